The highest BCUT2D eigenvalue weighted by molar-refractivity contribution is 7.34. The van der Waals surface area contributed by atoms with Gasteiger partial charge < -0.3 is 18.5 Å². The fourth-order valence-electron chi connectivity index (χ4n) is 2.43. The lowest BCUT2D eigenvalue weighted by atomic mass is 10.1. The maximum Gasteiger partial charge on any atom is 0.418 e. The number of rotatable bonds is 12. The van der Waals surface area contributed by atoms with Crippen LogP contribution in [-0.4, -0.2) is 25.2 Å². The molecule has 8 heteroatoms. The first-order valence-corrected chi connectivity index (χ1v) is 11.2. The van der Waals surface area contributed by atoms with Gasteiger partial charge in [0, 0.05) is 24.0 Å². The van der Waals surface area contributed by atoms with E-state index >= 15 is 0 Å². The molecular formula is C24H27O7P. The summed E-state index contributed by atoms with van der Waals surface area (Å²) in [5.74, 6) is -0.0140. The number of carbonyl (C=O) groups excluding carboxylic acids is 2. The van der Waals surface area contributed by atoms with Crippen molar-refractivity contribution in [1.29, 1.82) is 0 Å². The highest BCUT2D eigenvalue weighted by Crippen LogP contribution is 2.30. The smallest absolute Gasteiger partial charge is 0.418 e. The van der Waals surface area contributed by atoms with Crippen molar-refractivity contribution in [2.45, 2.75) is 26.7 Å². The molecule has 0 bridgehead atoms. The summed E-state index contributed by atoms with van der Waals surface area (Å²) in [5.41, 5.74) is 2.60. The Bertz CT molecular complexity index is 899. The minimum Gasteiger partial charge on any atom is -0.462 e. The van der Waals surface area contributed by atoms with Gasteiger partial charge in [0.25, 0.3) is 0 Å². The monoisotopic (exact) mass is 458 g/mol. The Hall–Kier alpha value is -3.31. The molecule has 2 aromatic carbocycles. The molecule has 0 heterocycles. The Labute approximate surface area is 188 Å². The Balaban J connectivity index is 1.76. The van der Waals surface area contributed by atoms with Gasteiger partial charge in [0.1, 0.15) is 11.5 Å². The van der Waals surface area contributed by atoms with E-state index in [0.29, 0.717) is 35.5 Å². The highest BCUT2D eigenvalue weighted by atomic mass is 31.1. The minimum absolute atomic E-state index is 0.248. The Morgan fingerprint density at radius 2 is 1.06 bits per heavy atom. The molecule has 0 N–H and O–H groups in total. The van der Waals surface area contributed by atoms with Gasteiger partial charge in [-0.25, -0.2) is 14.2 Å². The molecule has 7 nitrogen and oxygen atoms in total. The summed E-state index contributed by atoms with van der Waals surface area (Å²) in [7, 11) is -2.80. The molecular weight excluding hydrogens is 431 g/mol. The van der Waals surface area contributed by atoms with Crippen LogP contribution in [0.2, 0.25) is 0 Å². The van der Waals surface area contributed by atoms with Crippen LogP contribution in [0.3, 0.4) is 0 Å². The third-order valence-corrected chi connectivity index (χ3v) is 5.00. The number of ether oxygens (including phenoxy) is 2. The predicted octanol–water partition coefficient (Wildman–Crippen LogP) is 4.86. The molecule has 0 fully saturated rings. The van der Waals surface area contributed by atoms with Crippen molar-refractivity contribution < 1.29 is 32.7 Å². The van der Waals surface area contributed by atoms with Crippen LogP contribution in [0.25, 0.3) is 0 Å². The number of benzene rings is 2. The molecule has 2 aromatic rings. The maximum atomic E-state index is 12.2. The summed E-state index contributed by atoms with van der Waals surface area (Å²) in [6, 6.07) is 13.9. The van der Waals surface area contributed by atoms with Gasteiger partial charge in [0.15, 0.2) is 0 Å². The van der Waals surface area contributed by atoms with Gasteiger partial charge in [0.05, 0.1) is 13.2 Å². The first-order valence-electron chi connectivity index (χ1n) is 9.97. The molecule has 0 spiro atoms. The van der Waals surface area contributed by atoms with E-state index in [0.717, 1.165) is 11.1 Å². The third-order valence-electron chi connectivity index (χ3n) is 4.19. The third kappa shape index (κ3) is 8.82. The fraction of sp³-hybridized carbons (Fsp3) is 0.250. The van der Waals surface area contributed by atoms with Gasteiger partial charge in [-0.1, -0.05) is 37.4 Å². The normalized spacial score (nSPS) is 10.3. The van der Waals surface area contributed by atoms with Crippen LogP contribution in [-0.2, 0) is 36.5 Å². The zero-order chi connectivity index (χ0) is 23.5. The summed E-state index contributed by atoms with van der Waals surface area (Å²) < 4.78 is 33.0. The Morgan fingerprint density at radius 1 is 0.719 bits per heavy atom. The Kier molecular flexibility index (Phi) is 9.76. The molecule has 32 heavy (non-hydrogen) atoms. The van der Waals surface area contributed by atoms with E-state index in [9.17, 15) is 14.2 Å². The van der Waals surface area contributed by atoms with E-state index in [2.05, 4.69) is 13.2 Å². The van der Waals surface area contributed by atoms with E-state index in [-0.39, 0.29) is 13.2 Å². The molecule has 0 aromatic heterocycles. The molecule has 0 aliphatic heterocycles. The van der Waals surface area contributed by atoms with E-state index in [1.54, 1.807) is 62.4 Å². The Morgan fingerprint density at radius 3 is 1.38 bits per heavy atom. The average molecular weight is 458 g/mol. The molecule has 0 saturated heterocycles. The number of hydrogen-bond acceptors (Lipinski definition) is 7. The molecule has 0 aliphatic rings. The molecule has 0 amide bonds. The second-order valence-corrected chi connectivity index (χ2v) is 7.98. The summed E-state index contributed by atoms with van der Waals surface area (Å²) in [5, 5.41) is 0. The molecule has 2 rings (SSSR count). The van der Waals surface area contributed by atoms with E-state index < -0.39 is 20.2 Å². The number of hydrogen-bond donors (Lipinski definition) is 0. The van der Waals surface area contributed by atoms with Crippen molar-refractivity contribution in [2.24, 2.45) is 0 Å². The van der Waals surface area contributed by atoms with Gasteiger partial charge in [-0.05, 0) is 49.2 Å². The maximum absolute atomic E-state index is 12.2. The second-order valence-electron chi connectivity index (χ2n) is 7.07. The second kappa shape index (κ2) is 12.5. The van der Waals surface area contributed by atoms with Crippen molar-refractivity contribution in [3.63, 3.8) is 0 Å². The fourth-order valence-corrected chi connectivity index (χ4v) is 3.13. The van der Waals surface area contributed by atoms with Crippen LogP contribution in [0.1, 0.15) is 25.0 Å². The van der Waals surface area contributed by atoms with Gasteiger partial charge in [-0.2, -0.15) is 0 Å². The first-order chi connectivity index (χ1) is 15.2. The molecule has 0 saturated carbocycles. The molecule has 0 unspecified atom stereocenters. The van der Waals surface area contributed by atoms with E-state index in [1.807, 2.05) is 0 Å². The summed E-state index contributed by atoms with van der Waals surface area (Å²) in [6.45, 7) is 10.7. The zero-order valence-corrected chi connectivity index (χ0v) is 19.2. The number of esters is 2. The van der Waals surface area contributed by atoms with Crippen molar-refractivity contribution in [2.75, 3.05) is 13.2 Å². The summed E-state index contributed by atoms with van der Waals surface area (Å²) in [6.07, 6.45) is 1.09. The van der Waals surface area contributed by atoms with E-state index in [4.69, 9.17) is 18.5 Å². The van der Waals surface area contributed by atoms with Gasteiger partial charge in [-0.3, -0.25) is 0 Å². The summed E-state index contributed by atoms with van der Waals surface area (Å²) in [4.78, 5) is 22.7. The van der Waals surface area contributed by atoms with Crippen molar-refractivity contribution in [3.05, 3.63) is 84.0 Å². The van der Waals surface area contributed by atoms with Crippen LogP contribution >= 0.6 is 8.25 Å². The lowest BCUT2D eigenvalue weighted by Crippen LogP contribution is -2.07. The van der Waals surface area contributed by atoms with E-state index in [1.165, 1.54) is 0 Å². The molecule has 0 aliphatic carbocycles. The van der Waals surface area contributed by atoms with Crippen LogP contribution in [0.4, 0.5) is 0 Å². The molecule has 0 radical (unpaired) electrons. The largest absolute Gasteiger partial charge is 0.462 e. The average Bonchev–Trinajstić information content (AvgIpc) is 2.75. The minimum atomic E-state index is -2.80. The predicted molar refractivity (Wildman–Crippen MR) is 122 cm³/mol. The van der Waals surface area contributed by atoms with Crippen molar-refractivity contribution in [3.8, 4) is 11.5 Å². The first kappa shape index (κ1) is 25.0. The topological polar surface area (TPSA) is 88.1 Å². The zero-order valence-electron chi connectivity index (χ0n) is 18.2. The van der Waals surface area contributed by atoms with Crippen LogP contribution in [0.5, 0.6) is 11.5 Å². The van der Waals surface area contributed by atoms with Crippen LogP contribution < -0.4 is 9.05 Å². The van der Waals surface area contributed by atoms with Crippen LogP contribution in [0, 0.1) is 0 Å². The van der Waals surface area contributed by atoms with Gasteiger partial charge in [-0.15, -0.1) is 0 Å². The highest BCUT2D eigenvalue weighted by Gasteiger charge is 2.07. The lowest BCUT2D eigenvalue weighted by Gasteiger charge is -2.10. The number of carbonyl (C=O) groups is 2. The van der Waals surface area contributed by atoms with Crippen molar-refractivity contribution >= 4 is 20.2 Å². The summed E-state index contributed by atoms with van der Waals surface area (Å²) >= 11 is 0. The molecule has 170 valence electrons. The van der Waals surface area contributed by atoms with Gasteiger partial charge in [0.2, 0.25) is 0 Å². The van der Waals surface area contributed by atoms with Crippen LogP contribution in [0.15, 0.2) is 72.8 Å². The molecule has 0 atom stereocenters. The quantitative estimate of drug-likeness (QED) is 0.255. The lowest BCUT2D eigenvalue weighted by molar-refractivity contribution is -0.139. The van der Waals surface area contributed by atoms with Crippen molar-refractivity contribution in [1.82, 2.24) is 0 Å². The SMILES string of the molecule is C=C(C)C(=O)OCCc1ccc(O[PH](=O)Oc2ccc(CCOC(=O)C(=C)C)cc2)cc1. The standard InChI is InChI=1S/C24H27O7P/c1-17(2)23(25)28-15-13-19-5-9-21(10-6-19)30-32(27)31-22-11-7-20(8-12-22)14-16-29-24(26)18(3)4/h5-12,32H,1,3,13-16H2,2,4H3. The van der Waals surface area contributed by atoms with Gasteiger partial charge >= 0.3 is 20.2 Å².